The quantitative estimate of drug-likeness (QED) is 0.557. The van der Waals surface area contributed by atoms with E-state index in [0.29, 0.717) is 16.9 Å². The number of hydrogen-bond acceptors (Lipinski definition) is 3. The lowest BCUT2D eigenvalue weighted by atomic mass is 10.2. The molecule has 0 bridgehead atoms. The van der Waals surface area contributed by atoms with Crippen molar-refractivity contribution in [3.05, 3.63) is 42.7 Å². The van der Waals surface area contributed by atoms with Gasteiger partial charge in [0.25, 0.3) is 0 Å². The SMILES string of the molecule is CC.Fc1cnc2[nH]cc(-c3ncc4cc[nH]c4n3)c2c1.[HH]. The van der Waals surface area contributed by atoms with Crippen molar-refractivity contribution in [3.63, 3.8) is 0 Å². The summed E-state index contributed by atoms with van der Waals surface area (Å²) in [5, 5.41) is 1.61. The molecule has 0 atom stereocenters. The topological polar surface area (TPSA) is 70.2 Å². The van der Waals surface area contributed by atoms with E-state index in [4.69, 9.17) is 0 Å². The molecule has 0 aliphatic carbocycles. The molecule has 4 rings (SSSR count). The standard InChI is InChI=1S/C13H8FN5.C2H6.H2/c14-8-3-9-10(6-18-12(9)17-5-8)13-16-4-7-1-2-15-11(7)19-13;1-2;/h1-6H,(H,17,18)(H,15,16,19);1-2H3;1H. The summed E-state index contributed by atoms with van der Waals surface area (Å²) in [5.41, 5.74) is 2.11. The van der Waals surface area contributed by atoms with E-state index in [0.717, 1.165) is 16.6 Å². The Morgan fingerprint density at radius 3 is 2.81 bits per heavy atom. The van der Waals surface area contributed by atoms with Crippen LogP contribution in [0.25, 0.3) is 33.5 Å². The van der Waals surface area contributed by atoms with E-state index in [1.807, 2.05) is 19.9 Å². The van der Waals surface area contributed by atoms with Crippen molar-refractivity contribution in [1.82, 2.24) is 24.9 Å². The van der Waals surface area contributed by atoms with E-state index >= 15 is 0 Å². The van der Waals surface area contributed by atoms with Gasteiger partial charge in [-0.2, -0.15) is 0 Å². The van der Waals surface area contributed by atoms with Crippen molar-refractivity contribution >= 4 is 22.1 Å². The Morgan fingerprint density at radius 1 is 1.10 bits per heavy atom. The first-order valence-electron chi connectivity index (χ1n) is 6.74. The van der Waals surface area contributed by atoms with Crippen LogP contribution < -0.4 is 0 Å². The summed E-state index contributed by atoms with van der Waals surface area (Å²) >= 11 is 0. The van der Waals surface area contributed by atoms with Crippen molar-refractivity contribution in [2.45, 2.75) is 13.8 Å². The molecule has 0 aromatic carbocycles. The number of pyridine rings is 1. The van der Waals surface area contributed by atoms with E-state index in [9.17, 15) is 4.39 Å². The third-order valence-electron chi connectivity index (χ3n) is 3.04. The monoisotopic (exact) mass is 285 g/mol. The van der Waals surface area contributed by atoms with Gasteiger partial charge in [0, 0.05) is 36.4 Å². The first-order valence-corrected chi connectivity index (χ1v) is 6.74. The molecular weight excluding hydrogens is 269 g/mol. The summed E-state index contributed by atoms with van der Waals surface area (Å²) in [7, 11) is 0. The summed E-state index contributed by atoms with van der Waals surface area (Å²) in [5.74, 6) is 0.155. The van der Waals surface area contributed by atoms with Crippen molar-refractivity contribution in [3.8, 4) is 11.4 Å². The van der Waals surface area contributed by atoms with Gasteiger partial charge >= 0.3 is 0 Å². The fourth-order valence-corrected chi connectivity index (χ4v) is 2.13. The van der Waals surface area contributed by atoms with Gasteiger partial charge in [-0.15, -0.1) is 0 Å². The van der Waals surface area contributed by atoms with Gasteiger partial charge in [-0.1, -0.05) is 13.8 Å². The number of rotatable bonds is 1. The van der Waals surface area contributed by atoms with Crippen molar-refractivity contribution in [2.75, 3.05) is 0 Å². The summed E-state index contributed by atoms with van der Waals surface area (Å²) in [4.78, 5) is 18.7. The molecule has 4 aromatic heterocycles. The van der Waals surface area contributed by atoms with Gasteiger partial charge in [-0.25, -0.2) is 19.3 Å². The minimum Gasteiger partial charge on any atom is -0.346 e. The van der Waals surface area contributed by atoms with Crippen molar-refractivity contribution < 1.29 is 5.82 Å². The highest BCUT2D eigenvalue weighted by Crippen LogP contribution is 2.26. The number of aromatic nitrogens is 5. The fourth-order valence-electron chi connectivity index (χ4n) is 2.13. The average molecular weight is 285 g/mol. The molecule has 5 nitrogen and oxygen atoms in total. The highest BCUT2D eigenvalue weighted by atomic mass is 19.1. The third-order valence-corrected chi connectivity index (χ3v) is 3.04. The maximum atomic E-state index is 13.3. The normalized spacial score (nSPS) is 10.6. The van der Waals surface area contributed by atoms with Crippen LogP contribution in [-0.4, -0.2) is 24.9 Å². The van der Waals surface area contributed by atoms with Crippen LogP contribution in [-0.2, 0) is 0 Å². The zero-order valence-electron chi connectivity index (χ0n) is 11.7. The molecule has 0 radical (unpaired) electrons. The Hall–Kier alpha value is -2.76. The summed E-state index contributed by atoms with van der Waals surface area (Å²) in [6.07, 6.45) is 6.46. The highest BCUT2D eigenvalue weighted by Gasteiger charge is 2.11. The zero-order valence-corrected chi connectivity index (χ0v) is 11.7. The van der Waals surface area contributed by atoms with Crippen LogP contribution in [0.2, 0.25) is 0 Å². The summed E-state index contributed by atoms with van der Waals surface area (Å²) < 4.78 is 13.3. The van der Waals surface area contributed by atoms with Crippen LogP contribution in [0.4, 0.5) is 4.39 Å². The number of halogens is 1. The largest absolute Gasteiger partial charge is 0.346 e. The molecule has 0 saturated heterocycles. The van der Waals surface area contributed by atoms with Gasteiger partial charge in [0.15, 0.2) is 5.82 Å². The Labute approximate surface area is 121 Å². The van der Waals surface area contributed by atoms with E-state index in [1.54, 1.807) is 18.6 Å². The number of nitrogens with one attached hydrogen (secondary N) is 2. The van der Waals surface area contributed by atoms with Crippen LogP contribution in [0.15, 0.2) is 36.9 Å². The first kappa shape index (κ1) is 13.2. The molecule has 0 spiro atoms. The van der Waals surface area contributed by atoms with Gasteiger partial charge < -0.3 is 9.97 Å². The van der Waals surface area contributed by atoms with Crippen LogP contribution in [0.1, 0.15) is 15.3 Å². The number of aromatic amines is 2. The molecule has 0 saturated carbocycles. The zero-order chi connectivity index (χ0) is 14.8. The lowest BCUT2D eigenvalue weighted by Gasteiger charge is -1.98. The predicted octanol–water partition coefficient (Wildman–Crippen LogP) is 3.91. The molecule has 108 valence electrons. The van der Waals surface area contributed by atoms with Crippen LogP contribution in [0.5, 0.6) is 0 Å². The van der Waals surface area contributed by atoms with Gasteiger partial charge in [-0.05, 0) is 12.1 Å². The van der Waals surface area contributed by atoms with Gasteiger partial charge in [0.1, 0.15) is 17.1 Å². The molecule has 21 heavy (non-hydrogen) atoms. The second-order valence-electron chi connectivity index (χ2n) is 4.23. The summed E-state index contributed by atoms with van der Waals surface area (Å²) in [6.45, 7) is 4.00. The molecule has 4 aromatic rings. The second-order valence-corrected chi connectivity index (χ2v) is 4.23. The minimum atomic E-state index is -0.380. The molecule has 4 heterocycles. The van der Waals surface area contributed by atoms with Gasteiger partial charge in [0.05, 0.1) is 6.20 Å². The molecule has 0 aliphatic rings. The second kappa shape index (κ2) is 5.32. The van der Waals surface area contributed by atoms with Crippen molar-refractivity contribution in [2.24, 2.45) is 0 Å². The maximum Gasteiger partial charge on any atom is 0.163 e. The molecule has 0 aliphatic heterocycles. The third kappa shape index (κ3) is 2.24. The molecular formula is C15H16FN5. The number of nitrogens with zero attached hydrogens (tertiary/aromatic N) is 3. The smallest absolute Gasteiger partial charge is 0.163 e. The molecule has 0 unspecified atom stereocenters. The number of H-pyrrole nitrogens is 2. The molecule has 0 amide bonds. The van der Waals surface area contributed by atoms with E-state index in [1.165, 1.54) is 12.3 Å². The lowest BCUT2D eigenvalue weighted by Crippen LogP contribution is -1.88. The fraction of sp³-hybridized carbons (Fsp3) is 0.133. The molecule has 0 fully saturated rings. The summed E-state index contributed by atoms with van der Waals surface area (Å²) in [6, 6.07) is 3.33. The minimum absolute atomic E-state index is 0. The molecule has 2 N–H and O–H groups in total. The van der Waals surface area contributed by atoms with Crippen molar-refractivity contribution in [1.29, 1.82) is 0 Å². The Morgan fingerprint density at radius 2 is 1.95 bits per heavy atom. The highest BCUT2D eigenvalue weighted by molar-refractivity contribution is 5.92. The average Bonchev–Trinajstić information content (AvgIpc) is 3.14. The number of hydrogen-bond donors (Lipinski definition) is 2. The predicted molar refractivity (Wildman–Crippen MR) is 82.4 cm³/mol. The van der Waals surface area contributed by atoms with Gasteiger partial charge in [-0.3, -0.25) is 0 Å². The van der Waals surface area contributed by atoms with Gasteiger partial charge in [0.2, 0.25) is 0 Å². The van der Waals surface area contributed by atoms with E-state index in [-0.39, 0.29) is 7.24 Å². The van der Waals surface area contributed by atoms with E-state index in [2.05, 4.69) is 24.9 Å². The Balaban J connectivity index is 0.000000566. The number of fused-ring (bicyclic) bond motifs is 2. The van der Waals surface area contributed by atoms with Crippen LogP contribution in [0.3, 0.4) is 0 Å². The lowest BCUT2D eigenvalue weighted by molar-refractivity contribution is 0.624. The Kier molecular flexibility index (Phi) is 3.35. The van der Waals surface area contributed by atoms with Crippen LogP contribution >= 0.6 is 0 Å². The molecule has 6 heteroatoms. The Bertz CT molecular complexity index is 899. The first-order chi connectivity index (χ1) is 10.3. The van der Waals surface area contributed by atoms with Crippen LogP contribution in [0, 0.1) is 5.82 Å². The maximum absolute atomic E-state index is 13.3. The van der Waals surface area contributed by atoms with E-state index < -0.39 is 0 Å².